The van der Waals surface area contributed by atoms with Gasteiger partial charge in [0.05, 0.1) is 6.54 Å². The van der Waals surface area contributed by atoms with Crippen LogP contribution in [0.15, 0.2) is 0 Å². The van der Waals surface area contributed by atoms with Crippen molar-refractivity contribution in [3.63, 3.8) is 0 Å². The van der Waals surface area contributed by atoms with Crippen LogP contribution in [0.25, 0.3) is 0 Å². The van der Waals surface area contributed by atoms with Gasteiger partial charge in [0.15, 0.2) is 0 Å². The van der Waals surface area contributed by atoms with E-state index in [1.54, 1.807) is 34.6 Å². The quantitative estimate of drug-likeness (QED) is 0.841. The molecule has 0 heterocycles. The highest BCUT2D eigenvalue weighted by atomic mass is 19.3. The highest BCUT2D eigenvalue weighted by Gasteiger charge is 2.38. The summed E-state index contributed by atoms with van der Waals surface area (Å²) in [6.07, 6.45) is -2.20. The number of ether oxygens (including phenoxy) is 1. The number of carbonyl (C=O) groups excluding carboxylic acids is 1. The minimum absolute atomic E-state index is 0.519. The van der Waals surface area contributed by atoms with Gasteiger partial charge in [-0.05, 0) is 34.6 Å². The number of rotatable bonds is 5. The number of hydrogen-bond acceptors (Lipinski definition) is 3. The molecule has 0 aliphatic heterocycles. The van der Waals surface area contributed by atoms with Crippen molar-refractivity contribution in [2.75, 3.05) is 6.54 Å². The number of carbonyl (C=O) groups is 2. The monoisotopic (exact) mass is 281 g/mol. The molecule has 0 aliphatic carbocycles. The average molecular weight is 281 g/mol. The molecule has 19 heavy (non-hydrogen) atoms. The molecule has 112 valence electrons. The standard InChI is InChI=1S/C12H21F2NO4/c1-8(2)15(10(18)19-11(3,4)5)7-12(13,14)6-9(16)17/h8H,6-7H2,1-5H3,(H,16,17). The van der Waals surface area contributed by atoms with Crippen molar-refractivity contribution in [2.45, 2.75) is 58.6 Å². The van der Waals surface area contributed by atoms with Gasteiger partial charge in [-0.1, -0.05) is 0 Å². The van der Waals surface area contributed by atoms with Crippen LogP contribution in [0, 0.1) is 0 Å². The van der Waals surface area contributed by atoms with E-state index in [4.69, 9.17) is 9.84 Å². The third-order valence-corrected chi connectivity index (χ3v) is 2.06. The lowest BCUT2D eigenvalue weighted by Crippen LogP contribution is -2.47. The van der Waals surface area contributed by atoms with Crippen molar-refractivity contribution in [3.05, 3.63) is 0 Å². The summed E-state index contributed by atoms with van der Waals surface area (Å²) in [6.45, 7) is 7.00. The number of carboxylic acid groups (broad SMARTS) is 1. The van der Waals surface area contributed by atoms with Crippen molar-refractivity contribution in [2.24, 2.45) is 0 Å². The first kappa shape index (κ1) is 17.6. The topological polar surface area (TPSA) is 66.8 Å². The molecule has 0 unspecified atom stereocenters. The van der Waals surface area contributed by atoms with Crippen molar-refractivity contribution in [1.29, 1.82) is 0 Å². The van der Waals surface area contributed by atoms with Gasteiger partial charge in [-0.25, -0.2) is 13.6 Å². The van der Waals surface area contributed by atoms with Crippen LogP contribution in [0.3, 0.4) is 0 Å². The number of amides is 1. The Morgan fingerprint density at radius 3 is 2.05 bits per heavy atom. The summed E-state index contributed by atoms with van der Waals surface area (Å²) in [7, 11) is 0. The van der Waals surface area contributed by atoms with E-state index in [-0.39, 0.29) is 0 Å². The van der Waals surface area contributed by atoms with Crippen LogP contribution in [0.1, 0.15) is 41.0 Å². The number of alkyl halides is 2. The zero-order chi connectivity index (χ0) is 15.4. The average Bonchev–Trinajstić information content (AvgIpc) is 2.08. The highest BCUT2D eigenvalue weighted by Crippen LogP contribution is 2.22. The first-order valence-corrected chi connectivity index (χ1v) is 5.93. The van der Waals surface area contributed by atoms with Gasteiger partial charge in [0.1, 0.15) is 12.0 Å². The van der Waals surface area contributed by atoms with Crippen LogP contribution < -0.4 is 0 Å². The first-order chi connectivity index (χ1) is 8.34. The molecule has 1 N–H and O–H groups in total. The maximum absolute atomic E-state index is 13.4. The lowest BCUT2D eigenvalue weighted by Gasteiger charge is -2.32. The Labute approximate surface area is 111 Å². The molecule has 5 nitrogen and oxygen atoms in total. The zero-order valence-electron chi connectivity index (χ0n) is 11.9. The minimum Gasteiger partial charge on any atom is -0.481 e. The molecule has 0 aromatic heterocycles. The largest absolute Gasteiger partial charge is 0.481 e. The Morgan fingerprint density at radius 2 is 1.74 bits per heavy atom. The predicted molar refractivity (Wildman–Crippen MR) is 65.3 cm³/mol. The zero-order valence-corrected chi connectivity index (χ0v) is 11.9. The first-order valence-electron chi connectivity index (χ1n) is 5.93. The number of aliphatic carboxylic acids is 1. The molecule has 0 aromatic rings. The van der Waals surface area contributed by atoms with E-state index >= 15 is 0 Å². The molecule has 0 aliphatic rings. The second-order valence-corrected chi connectivity index (χ2v) is 5.63. The van der Waals surface area contributed by atoms with Gasteiger partial charge in [0.2, 0.25) is 0 Å². The lowest BCUT2D eigenvalue weighted by atomic mass is 10.2. The van der Waals surface area contributed by atoms with E-state index in [0.29, 0.717) is 0 Å². The minimum atomic E-state index is -3.49. The molecule has 0 saturated heterocycles. The van der Waals surface area contributed by atoms with Gasteiger partial charge >= 0.3 is 12.1 Å². The number of hydrogen-bond donors (Lipinski definition) is 1. The molecular formula is C12H21F2NO4. The third kappa shape index (κ3) is 7.58. The Morgan fingerprint density at radius 1 is 1.26 bits per heavy atom. The van der Waals surface area contributed by atoms with Gasteiger partial charge in [-0.3, -0.25) is 9.69 Å². The second-order valence-electron chi connectivity index (χ2n) is 5.63. The Bertz CT molecular complexity index is 337. The summed E-state index contributed by atoms with van der Waals surface area (Å²) in [4.78, 5) is 23.0. The molecule has 1 amide bonds. The van der Waals surface area contributed by atoms with Gasteiger partial charge < -0.3 is 9.84 Å². The van der Waals surface area contributed by atoms with E-state index < -0.39 is 42.6 Å². The van der Waals surface area contributed by atoms with Crippen molar-refractivity contribution in [3.8, 4) is 0 Å². The molecule has 0 aromatic carbocycles. The Balaban J connectivity index is 4.84. The normalized spacial score (nSPS) is 12.4. The van der Waals surface area contributed by atoms with Crippen molar-refractivity contribution >= 4 is 12.1 Å². The highest BCUT2D eigenvalue weighted by molar-refractivity contribution is 5.70. The molecule has 0 spiro atoms. The summed E-state index contributed by atoms with van der Waals surface area (Å²) in [5, 5.41) is 8.41. The van der Waals surface area contributed by atoms with Crippen LogP contribution in [0.4, 0.5) is 13.6 Å². The summed E-state index contributed by atoms with van der Waals surface area (Å²) < 4.78 is 31.9. The van der Waals surface area contributed by atoms with E-state index in [1.165, 1.54) is 0 Å². The van der Waals surface area contributed by atoms with Gasteiger partial charge in [-0.2, -0.15) is 0 Å². The Hall–Kier alpha value is -1.40. The predicted octanol–water partition coefficient (Wildman–Crippen LogP) is 2.74. The van der Waals surface area contributed by atoms with Gasteiger partial charge in [-0.15, -0.1) is 0 Å². The van der Waals surface area contributed by atoms with Gasteiger partial charge in [0.25, 0.3) is 5.92 Å². The Kier molecular flexibility index (Phi) is 5.71. The number of halogens is 2. The maximum atomic E-state index is 13.4. The van der Waals surface area contributed by atoms with Crippen LogP contribution in [-0.4, -0.2) is 46.2 Å². The summed E-state index contributed by atoms with van der Waals surface area (Å²) in [5.74, 6) is -5.11. The van der Waals surface area contributed by atoms with E-state index in [9.17, 15) is 18.4 Å². The lowest BCUT2D eigenvalue weighted by molar-refractivity contribution is -0.146. The fourth-order valence-corrected chi connectivity index (χ4v) is 1.30. The van der Waals surface area contributed by atoms with Crippen LogP contribution in [0.2, 0.25) is 0 Å². The summed E-state index contributed by atoms with van der Waals surface area (Å²) in [5.41, 5.74) is -0.799. The van der Waals surface area contributed by atoms with Crippen LogP contribution >= 0.6 is 0 Å². The second kappa shape index (κ2) is 6.16. The molecule has 0 radical (unpaired) electrons. The van der Waals surface area contributed by atoms with Crippen LogP contribution in [0.5, 0.6) is 0 Å². The fraction of sp³-hybridized carbons (Fsp3) is 0.833. The van der Waals surface area contributed by atoms with Gasteiger partial charge in [0, 0.05) is 6.04 Å². The molecule has 0 bridgehead atoms. The van der Waals surface area contributed by atoms with Crippen molar-refractivity contribution in [1.82, 2.24) is 4.90 Å². The molecular weight excluding hydrogens is 260 g/mol. The third-order valence-electron chi connectivity index (χ3n) is 2.06. The smallest absolute Gasteiger partial charge is 0.410 e. The summed E-state index contributed by atoms with van der Waals surface area (Å²) >= 11 is 0. The molecule has 0 rings (SSSR count). The van der Waals surface area contributed by atoms with Crippen molar-refractivity contribution < 1.29 is 28.2 Å². The molecule has 7 heteroatoms. The molecule has 0 atom stereocenters. The fourth-order valence-electron chi connectivity index (χ4n) is 1.30. The van der Waals surface area contributed by atoms with Crippen LogP contribution in [-0.2, 0) is 9.53 Å². The van der Waals surface area contributed by atoms with E-state index in [0.717, 1.165) is 4.90 Å². The van der Waals surface area contributed by atoms with E-state index in [1.807, 2.05) is 0 Å². The SMILES string of the molecule is CC(C)N(CC(F)(F)CC(=O)O)C(=O)OC(C)(C)C. The van der Waals surface area contributed by atoms with E-state index in [2.05, 4.69) is 0 Å². The molecule has 0 saturated carbocycles. The number of nitrogens with zero attached hydrogens (tertiary/aromatic N) is 1. The maximum Gasteiger partial charge on any atom is 0.410 e. The summed E-state index contributed by atoms with van der Waals surface area (Å²) in [6, 6.07) is -0.519. The number of carboxylic acids is 1. The molecule has 0 fully saturated rings.